The first-order chi connectivity index (χ1) is 12.7. The topological polar surface area (TPSA) is 63.4 Å². The fourth-order valence-corrected chi connectivity index (χ4v) is 3.49. The summed E-state index contributed by atoms with van der Waals surface area (Å²) in [5.41, 5.74) is 2.71. The Hall–Kier alpha value is -3.47. The fourth-order valence-electron chi connectivity index (χ4n) is 3.49. The molecule has 128 valence electrons. The number of carbonyl (C=O) groups excluding carboxylic acids is 1. The minimum Gasteiger partial charge on any atom is -0.303 e. The highest BCUT2D eigenvalue weighted by molar-refractivity contribution is 6.06. The van der Waals surface area contributed by atoms with Crippen LogP contribution < -0.4 is 4.90 Å². The van der Waals surface area contributed by atoms with Gasteiger partial charge in [0.25, 0.3) is 5.69 Å². The van der Waals surface area contributed by atoms with Crippen LogP contribution in [-0.4, -0.2) is 10.8 Å². The van der Waals surface area contributed by atoms with Gasteiger partial charge in [0.1, 0.15) is 0 Å². The number of benzene rings is 3. The van der Waals surface area contributed by atoms with Crippen molar-refractivity contribution < 1.29 is 9.72 Å². The van der Waals surface area contributed by atoms with Gasteiger partial charge in [0, 0.05) is 17.8 Å². The van der Waals surface area contributed by atoms with E-state index < -0.39 is 4.92 Å². The number of para-hydroxylation sites is 1. The largest absolute Gasteiger partial charge is 0.303 e. The maximum atomic E-state index is 13.0. The first-order valence-corrected chi connectivity index (χ1v) is 8.34. The van der Waals surface area contributed by atoms with E-state index in [4.69, 9.17) is 0 Å². The van der Waals surface area contributed by atoms with Crippen LogP contribution in [0.2, 0.25) is 0 Å². The van der Waals surface area contributed by atoms with E-state index in [1.54, 1.807) is 17.0 Å². The van der Waals surface area contributed by atoms with Gasteiger partial charge in [-0.1, -0.05) is 60.7 Å². The van der Waals surface area contributed by atoms with Crippen LogP contribution in [-0.2, 0) is 4.79 Å². The van der Waals surface area contributed by atoms with Gasteiger partial charge in [-0.15, -0.1) is 0 Å². The van der Waals surface area contributed by atoms with E-state index in [0.29, 0.717) is 0 Å². The number of anilines is 1. The van der Waals surface area contributed by atoms with Crippen molar-refractivity contribution in [3.05, 3.63) is 106 Å². The highest BCUT2D eigenvalue weighted by atomic mass is 16.6. The molecule has 1 fully saturated rings. The maximum absolute atomic E-state index is 13.0. The highest BCUT2D eigenvalue weighted by Crippen LogP contribution is 2.48. The van der Waals surface area contributed by atoms with Crippen LogP contribution in [0.1, 0.15) is 23.1 Å². The molecule has 1 saturated heterocycles. The average molecular weight is 344 g/mol. The lowest BCUT2D eigenvalue weighted by atomic mass is 9.77. The summed E-state index contributed by atoms with van der Waals surface area (Å²) in [4.78, 5) is 25.2. The molecule has 0 N–H and O–H groups in total. The van der Waals surface area contributed by atoms with Crippen molar-refractivity contribution in [1.82, 2.24) is 0 Å². The number of nitro groups is 1. The molecule has 0 bridgehead atoms. The molecule has 2 atom stereocenters. The van der Waals surface area contributed by atoms with E-state index in [1.807, 2.05) is 60.7 Å². The summed E-state index contributed by atoms with van der Waals surface area (Å²) in [6.45, 7) is 0. The molecular weight excluding hydrogens is 328 g/mol. The van der Waals surface area contributed by atoms with Gasteiger partial charge in [-0.05, 0) is 23.3 Å². The van der Waals surface area contributed by atoms with E-state index in [9.17, 15) is 14.9 Å². The predicted molar refractivity (Wildman–Crippen MR) is 98.9 cm³/mol. The first kappa shape index (κ1) is 16.0. The van der Waals surface area contributed by atoms with E-state index >= 15 is 0 Å². The molecule has 0 unspecified atom stereocenters. The van der Waals surface area contributed by atoms with Crippen molar-refractivity contribution in [2.24, 2.45) is 0 Å². The van der Waals surface area contributed by atoms with Gasteiger partial charge < -0.3 is 4.90 Å². The van der Waals surface area contributed by atoms with E-state index in [0.717, 1.165) is 16.8 Å². The number of rotatable bonds is 4. The summed E-state index contributed by atoms with van der Waals surface area (Å²) in [6, 6.07) is 25.6. The van der Waals surface area contributed by atoms with Crippen molar-refractivity contribution in [2.45, 2.75) is 12.0 Å². The van der Waals surface area contributed by atoms with Crippen LogP contribution in [0.15, 0.2) is 84.9 Å². The first-order valence-electron chi connectivity index (χ1n) is 8.34. The second-order valence-corrected chi connectivity index (χ2v) is 6.23. The van der Waals surface area contributed by atoms with Gasteiger partial charge in [0.05, 0.1) is 16.9 Å². The molecule has 1 aliphatic heterocycles. The Morgan fingerprint density at radius 3 is 1.92 bits per heavy atom. The van der Waals surface area contributed by atoms with E-state index in [1.165, 1.54) is 12.1 Å². The molecule has 0 aromatic heterocycles. The van der Waals surface area contributed by atoms with Crippen LogP contribution in [0.4, 0.5) is 11.4 Å². The molecule has 3 aromatic rings. The van der Waals surface area contributed by atoms with Gasteiger partial charge in [0.2, 0.25) is 5.91 Å². The molecule has 5 heteroatoms. The zero-order valence-corrected chi connectivity index (χ0v) is 13.9. The number of non-ortho nitro benzene ring substituents is 1. The van der Waals surface area contributed by atoms with Crippen LogP contribution in [0.25, 0.3) is 0 Å². The number of β-lactam (4-membered cyclic amide) rings is 1. The highest BCUT2D eigenvalue weighted by Gasteiger charge is 2.49. The molecular formula is C21H16N2O3. The van der Waals surface area contributed by atoms with Crippen molar-refractivity contribution in [2.75, 3.05) is 4.90 Å². The van der Waals surface area contributed by atoms with Crippen molar-refractivity contribution in [1.29, 1.82) is 0 Å². The monoisotopic (exact) mass is 344 g/mol. The molecule has 1 aliphatic rings. The van der Waals surface area contributed by atoms with Crippen molar-refractivity contribution in [3.63, 3.8) is 0 Å². The van der Waals surface area contributed by atoms with E-state index in [-0.39, 0.29) is 23.6 Å². The lowest BCUT2D eigenvalue weighted by Gasteiger charge is -2.47. The quantitative estimate of drug-likeness (QED) is 0.398. The van der Waals surface area contributed by atoms with E-state index in [2.05, 4.69) is 0 Å². The summed E-state index contributed by atoms with van der Waals surface area (Å²) in [5, 5.41) is 10.9. The average Bonchev–Trinajstić information content (AvgIpc) is 2.68. The summed E-state index contributed by atoms with van der Waals surface area (Å²) < 4.78 is 0. The zero-order chi connectivity index (χ0) is 18.1. The third-order valence-electron chi connectivity index (χ3n) is 4.74. The Morgan fingerprint density at radius 2 is 1.35 bits per heavy atom. The van der Waals surface area contributed by atoms with Crippen LogP contribution in [0.3, 0.4) is 0 Å². The number of hydrogen-bond donors (Lipinski definition) is 0. The summed E-state index contributed by atoms with van der Waals surface area (Å²) in [6.07, 6.45) is 0. The maximum Gasteiger partial charge on any atom is 0.269 e. The standard InChI is InChI=1S/C21H16N2O3/c24-21-19(15-11-13-18(14-12-15)23(25)26)20(16-7-3-1-4-8-16)22(21)17-9-5-2-6-10-17/h1-14,19-20H/t19-,20+/m0/s1. The summed E-state index contributed by atoms with van der Waals surface area (Å²) >= 11 is 0. The van der Waals surface area contributed by atoms with Crippen LogP contribution in [0.5, 0.6) is 0 Å². The normalized spacial score (nSPS) is 19.1. The Balaban J connectivity index is 1.74. The van der Waals surface area contributed by atoms with Crippen LogP contribution in [0, 0.1) is 10.1 Å². The molecule has 1 heterocycles. The molecule has 1 amide bonds. The van der Waals surface area contributed by atoms with Crippen LogP contribution >= 0.6 is 0 Å². The Morgan fingerprint density at radius 1 is 0.769 bits per heavy atom. The molecule has 0 radical (unpaired) electrons. The molecule has 26 heavy (non-hydrogen) atoms. The SMILES string of the molecule is O=C1[C@@H](c2ccc([N+](=O)[O-])cc2)[C@@H](c2ccccc2)N1c1ccccc1. The minimum atomic E-state index is -0.433. The zero-order valence-electron chi connectivity index (χ0n) is 13.9. The van der Waals surface area contributed by atoms with Crippen molar-refractivity contribution >= 4 is 17.3 Å². The molecule has 4 rings (SSSR count). The fraction of sp³-hybridized carbons (Fsp3) is 0.0952. The number of nitro benzene ring substituents is 1. The molecule has 0 aliphatic carbocycles. The van der Waals surface area contributed by atoms with Gasteiger partial charge in [-0.25, -0.2) is 0 Å². The minimum absolute atomic E-state index is 0.00101. The number of carbonyl (C=O) groups is 1. The number of amides is 1. The second kappa shape index (κ2) is 6.44. The molecule has 3 aromatic carbocycles. The van der Waals surface area contributed by atoms with Gasteiger partial charge in [-0.3, -0.25) is 14.9 Å². The Labute approximate surface area is 150 Å². The van der Waals surface area contributed by atoms with Gasteiger partial charge in [-0.2, -0.15) is 0 Å². The van der Waals surface area contributed by atoms with Gasteiger partial charge in [0.15, 0.2) is 0 Å². The number of hydrogen-bond acceptors (Lipinski definition) is 3. The Kier molecular flexibility index (Phi) is 3.97. The van der Waals surface area contributed by atoms with Gasteiger partial charge >= 0.3 is 0 Å². The van der Waals surface area contributed by atoms with Crippen molar-refractivity contribution in [3.8, 4) is 0 Å². The molecule has 0 spiro atoms. The second-order valence-electron chi connectivity index (χ2n) is 6.23. The lowest BCUT2D eigenvalue weighted by Crippen LogP contribution is -2.53. The third kappa shape index (κ3) is 2.63. The predicted octanol–water partition coefficient (Wildman–Crippen LogP) is 4.47. The Bertz CT molecular complexity index is 940. The summed E-state index contributed by atoms with van der Waals surface area (Å²) in [5.74, 6) is -0.350. The third-order valence-corrected chi connectivity index (χ3v) is 4.74. The molecule has 0 saturated carbocycles. The lowest BCUT2D eigenvalue weighted by molar-refractivity contribution is -0.384. The smallest absolute Gasteiger partial charge is 0.269 e. The molecule has 5 nitrogen and oxygen atoms in total. The summed E-state index contributed by atoms with van der Waals surface area (Å²) in [7, 11) is 0. The number of nitrogens with zero attached hydrogens (tertiary/aromatic N) is 2.